The van der Waals surface area contributed by atoms with Crippen LogP contribution in [0, 0.1) is 6.92 Å². The lowest BCUT2D eigenvalue weighted by Crippen LogP contribution is -2.06. The Kier molecular flexibility index (Phi) is 4.57. The van der Waals surface area contributed by atoms with Crippen molar-refractivity contribution in [2.24, 2.45) is 4.99 Å². The molecule has 0 saturated carbocycles. The van der Waals surface area contributed by atoms with Crippen molar-refractivity contribution in [2.75, 3.05) is 5.88 Å². The average Bonchev–Trinajstić information content (AvgIpc) is 2.46. The van der Waals surface area contributed by atoms with Gasteiger partial charge in [0.1, 0.15) is 11.0 Å². The lowest BCUT2D eigenvalue weighted by atomic mass is 10.2. The van der Waals surface area contributed by atoms with Crippen LogP contribution in [-0.4, -0.2) is 19.5 Å². The first-order valence-electron chi connectivity index (χ1n) is 6.04. The molecule has 0 amide bonds. The molecular weight excluding hydrogens is 294 g/mol. The van der Waals surface area contributed by atoms with E-state index in [4.69, 9.17) is 11.6 Å². The molecule has 0 unspecified atom stereocenters. The number of halogens is 1. The van der Waals surface area contributed by atoms with Crippen LogP contribution >= 0.6 is 11.6 Å². The first-order valence-corrected chi connectivity index (χ1v) is 8.07. The standard InChI is InChI=1S/C15H14ClNO2S/c1-12-7-9-14(10-8-12)20(18,19)11-17-15(16)13-5-3-2-4-6-13/h2-10H,11H2,1H3. The summed E-state index contributed by atoms with van der Waals surface area (Å²) in [6, 6.07) is 15.7. The maximum atomic E-state index is 12.1. The van der Waals surface area contributed by atoms with Crippen molar-refractivity contribution in [3.05, 3.63) is 65.7 Å². The average molecular weight is 308 g/mol. The molecule has 2 rings (SSSR count). The van der Waals surface area contributed by atoms with E-state index in [1.165, 1.54) is 0 Å². The van der Waals surface area contributed by atoms with Gasteiger partial charge in [-0.15, -0.1) is 0 Å². The molecule has 0 N–H and O–H groups in total. The highest BCUT2D eigenvalue weighted by Crippen LogP contribution is 2.13. The van der Waals surface area contributed by atoms with E-state index in [0.717, 1.165) is 5.56 Å². The van der Waals surface area contributed by atoms with E-state index in [1.807, 2.05) is 25.1 Å². The van der Waals surface area contributed by atoms with E-state index in [1.54, 1.807) is 36.4 Å². The molecule has 0 saturated heterocycles. The third-order valence-corrected chi connectivity index (χ3v) is 4.56. The van der Waals surface area contributed by atoms with E-state index in [2.05, 4.69) is 4.99 Å². The summed E-state index contributed by atoms with van der Waals surface area (Å²) in [5.74, 6) is -0.357. The summed E-state index contributed by atoms with van der Waals surface area (Å²) in [5.41, 5.74) is 1.71. The highest BCUT2D eigenvalue weighted by molar-refractivity contribution is 7.91. The van der Waals surface area contributed by atoms with Crippen LogP contribution in [0.5, 0.6) is 0 Å². The summed E-state index contributed by atoms with van der Waals surface area (Å²) < 4.78 is 24.2. The molecule has 0 aliphatic rings. The molecule has 0 heterocycles. The van der Waals surface area contributed by atoms with Gasteiger partial charge in [0, 0.05) is 5.56 Å². The normalized spacial score (nSPS) is 12.4. The zero-order chi connectivity index (χ0) is 14.6. The van der Waals surface area contributed by atoms with Gasteiger partial charge in [-0.25, -0.2) is 8.42 Å². The predicted octanol–water partition coefficient (Wildman–Crippen LogP) is 3.41. The maximum absolute atomic E-state index is 12.1. The van der Waals surface area contributed by atoms with Gasteiger partial charge < -0.3 is 0 Å². The lowest BCUT2D eigenvalue weighted by Gasteiger charge is -2.03. The van der Waals surface area contributed by atoms with Crippen LogP contribution in [0.3, 0.4) is 0 Å². The van der Waals surface area contributed by atoms with Crippen LogP contribution in [0.2, 0.25) is 0 Å². The molecule has 0 radical (unpaired) electrons. The fraction of sp³-hybridized carbons (Fsp3) is 0.133. The molecule has 0 atom stereocenters. The summed E-state index contributed by atoms with van der Waals surface area (Å²) in [6.45, 7) is 1.90. The molecule has 20 heavy (non-hydrogen) atoms. The zero-order valence-corrected chi connectivity index (χ0v) is 12.5. The van der Waals surface area contributed by atoms with Gasteiger partial charge >= 0.3 is 0 Å². The highest BCUT2D eigenvalue weighted by atomic mass is 35.5. The number of aliphatic imine (C=N–C) groups is 1. The van der Waals surface area contributed by atoms with Gasteiger partial charge in [-0.3, -0.25) is 4.99 Å². The van der Waals surface area contributed by atoms with Gasteiger partial charge in [-0.2, -0.15) is 0 Å². The van der Waals surface area contributed by atoms with Gasteiger partial charge in [0.25, 0.3) is 0 Å². The molecule has 3 nitrogen and oxygen atoms in total. The smallest absolute Gasteiger partial charge is 0.198 e. The van der Waals surface area contributed by atoms with Crippen molar-refractivity contribution < 1.29 is 8.42 Å². The first kappa shape index (κ1) is 14.8. The summed E-state index contributed by atoms with van der Waals surface area (Å²) in [5, 5.41) is 0.196. The van der Waals surface area contributed by atoms with E-state index in [9.17, 15) is 8.42 Å². The minimum Gasteiger partial charge on any atom is -0.256 e. The second-order valence-corrected chi connectivity index (χ2v) is 6.69. The van der Waals surface area contributed by atoms with Crippen molar-refractivity contribution in [3.63, 3.8) is 0 Å². The Morgan fingerprint density at radius 3 is 2.25 bits per heavy atom. The molecule has 0 fully saturated rings. The number of benzene rings is 2. The predicted molar refractivity (Wildman–Crippen MR) is 82.1 cm³/mol. The van der Waals surface area contributed by atoms with Crippen molar-refractivity contribution in [1.29, 1.82) is 0 Å². The van der Waals surface area contributed by atoms with Crippen LogP contribution in [0.4, 0.5) is 0 Å². The number of aryl methyl sites for hydroxylation is 1. The minimum atomic E-state index is -3.45. The number of hydrogen-bond acceptors (Lipinski definition) is 3. The molecular formula is C15H14ClNO2S. The second-order valence-electron chi connectivity index (χ2n) is 4.37. The monoisotopic (exact) mass is 307 g/mol. The molecule has 2 aromatic rings. The quantitative estimate of drug-likeness (QED) is 0.813. The van der Waals surface area contributed by atoms with Gasteiger partial charge in [-0.05, 0) is 19.1 Å². The van der Waals surface area contributed by atoms with Crippen molar-refractivity contribution in [3.8, 4) is 0 Å². The molecule has 104 valence electrons. The lowest BCUT2D eigenvalue weighted by molar-refractivity contribution is 0.596. The Morgan fingerprint density at radius 1 is 1.05 bits per heavy atom. The second kappa shape index (κ2) is 6.20. The van der Waals surface area contributed by atoms with Gasteiger partial charge in [-0.1, -0.05) is 59.6 Å². The van der Waals surface area contributed by atoms with Gasteiger partial charge in [0.05, 0.1) is 4.90 Å². The third-order valence-electron chi connectivity index (χ3n) is 2.77. The molecule has 0 bridgehead atoms. The van der Waals surface area contributed by atoms with Crippen LogP contribution in [0.15, 0.2) is 64.5 Å². The van der Waals surface area contributed by atoms with E-state index in [0.29, 0.717) is 5.56 Å². The largest absolute Gasteiger partial charge is 0.256 e. The Labute approximate surface area is 123 Å². The summed E-state index contributed by atoms with van der Waals surface area (Å²) in [7, 11) is -3.45. The summed E-state index contributed by atoms with van der Waals surface area (Å²) in [6.07, 6.45) is 0. The van der Waals surface area contributed by atoms with Crippen LogP contribution < -0.4 is 0 Å². The SMILES string of the molecule is Cc1ccc(S(=O)(=O)CN=C(Cl)c2ccccc2)cc1. The van der Waals surface area contributed by atoms with Gasteiger partial charge in [0.15, 0.2) is 9.84 Å². The topological polar surface area (TPSA) is 46.5 Å². The Hall–Kier alpha value is -1.65. The highest BCUT2D eigenvalue weighted by Gasteiger charge is 2.13. The third kappa shape index (κ3) is 3.68. The van der Waals surface area contributed by atoms with Crippen molar-refractivity contribution in [2.45, 2.75) is 11.8 Å². The number of rotatable bonds is 4. The van der Waals surface area contributed by atoms with Crippen LogP contribution in [0.25, 0.3) is 0 Å². The molecule has 0 aliphatic heterocycles. The molecule has 0 spiro atoms. The number of sulfone groups is 1. The van der Waals surface area contributed by atoms with Crippen LogP contribution in [0.1, 0.15) is 11.1 Å². The summed E-state index contributed by atoms with van der Waals surface area (Å²) >= 11 is 6.01. The van der Waals surface area contributed by atoms with Crippen molar-refractivity contribution >= 4 is 26.6 Å². The fourth-order valence-electron chi connectivity index (χ4n) is 1.63. The van der Waals surface area contributed by atoms with Gasteiger partial charge in [0.2, 0.25) is 0 Å². The van der Waals surface area contributed by atoms with E-state index < -0.39 is 9.84 Å². The zero-order valence-electron chi connectivity index (χ0n) is 11.0. The molecule has 2 aromatic carbocycles. The molecule has 0 aromatic heterocycles. The number of hydrogen-bond donors (Lipinski definition) is 0. The van der Waals surface area contributed by atoms with Crippen molar-refractivity contribution in [1.82, 2.24) is 0 Å². The minimum absolute atomic E-state index is 0.196. The Morgan fingerprint density at radius 2 is 1.65 bits per heavy atom. The molecule has 0 aliphatic carbocycles. The Bertz CT molecular complexity index is 707. The maximum Gasteiger partial charge on any atom is 0.198 e. The van der Waals surface area contributed by atoms with E-state index >= 15 is 0 Å². The molecule has 5 heteroatoms. The number of nitrogens with zero attached hydrogens (tertiary/aromatic N) is 1. The Balaban J connectivity index is 2.19. The van der Waals surface area contributed by atoms with Crippen LogP contribution in [-0.2, 0) is 9.84 Å². The summed E-state index contributed by atoms with van der Waals surface area (Å²) in [4.78, 5) is 4.21. The first-order chi connectivity index (χ1) is 9.49. The fourth-order valence-corrected chi connectivity index (χ4v) is 2.88. The van der Waals surface area contributed by atoms with E-state index in [-0.39, 0.29) is 15.9 Å².